The van der Waals surface area contributed by atoms with Crippen molar-refractivity contribution in [2.75, 3.05) is 5.73 Å². The van der Waals surface area contributed by atoms with Crippen LogP contribution < -0.4 is 5.73 Å². The Morgan fingerprint density at radius 2 is 2.07 bits per heavy atom. The van der Waals surface area contributed by atoms with Gasteiger partial charge in [-0.1, -0.05) is 13.8 Å². The highest BCUT2D eigenvalue weighted by Gasteiger charge is 1.95. The lowest BCUT2D eigenvalue weighted by molar-refractivity contribution is 0.879. The summed E-state index contributed by atoms with van der Waals surface area (Å²) in [6.45, 7) is 4.00. The van der Waals surface area contributed by atoms with Crippen molar-refractivity contribution < 1.29 is 0 Å². The summed E-state index contributed by atoms with van der Waals surface area (Å²) in [7, 11) is 0. The molecule has 2 aromatic heterocycles. The lowest BCUT2D eigenvalue weighted by Gasteiger charge is -1.97. The van der Waals surface area contributed by atoms with Gasteiger partial charge in [0.15, 0.2) is 0 Å². The van der Waals surface area contributed by atoms with Crippen LogP contribution in [0, 0.1) is 0 Å². The zero-order chi connectivity index (χ0) is 10.4. The van der Waals surface area contributed by atoms with Crippen LogP contribution >= 0.6 is 0 Å². The van der Waals surface area contributed by atoms with Gasteiger partial charge in [-0.2, -0.15) is 5.10 Å². The van der Waals surface area contributed by atoms with Crippen LogP contribution in [0.2, 0.25) is 0 Å². The quantitative estimate of drug-likeness (QED) is 0.746. The Kier molecular flexibility index (Phi) is 3.67. The number of anilines is 1. The monoisotopic (exact) mass is 190 g/mol. The van der Waals surface area contributed by atoms with Gasteiger partial charge in [0.2, 0.25) is 0 Å². The minimum Gasteiger partial charge on any atom is -0.382 e. The second kappa shape index (κ2) is 5.01. The molecule has 4 heteroatoms. The van der Waals surface area contributed by atoms with E-state index in [2.05, 4.69) is 10.1 Å². The number of hydrogen-bond donors (Lipinski definition) is 1. The molecule has 0 aliphatic rings. The molecule has 2 heterocycles. The topological polar surface area (TPSA) is 56.7 Å². The van der Waals surface area contributed by atoms with E-state index < -0.39 is 0 Å². The van der Waals surface area contributed by atoms with E-state index in [9.17, 15) is 0 Å². The summed E-state index contributed by atoms with van der Waals surface area (Å²) >= 11 is 0. The maximum absolute atomic E-state index is 5.46. The fraction of sp³-hybridized carbons (Fsp3) is 0.200. The molecule has 0 saturated heterocycles. The smallest absolute Gasteiger partial charge is 0.145 e. The number of nitrogen functional groups attached to an aromatic ring is 1. The van der Waals surface area contributed by atoms with Gasteiger partial charge in [-0.3, -0.25) is 4.98 Å². The second-order valence-corrected chi connectivity index (χ2v) is 2.40. The van der Waals surface area contributed by atoms with Crippen LogP contribution in [0.4, 0.5) is 5.82 Å². The van der Waals surface area contributed by atoms with Crippen LogP contribution in [-0.4, -0.2) is 14.8 Å². The molecule has 0 radical (unpaired) electrons. The Balaban J connectivity index is 0.000000461. The van der Waals surface area contributed by atoms with Gasteiger partial charge in [0.1, 0.15) is 5.82 Å². The molecule has 2 N–H and O–H groups in total. The third-order valence-electron chi connectivity index (χ3n) is 1.52. The molecule has 0 unspecified atom stereocenters. The van der Waals surface area contributed by atoms with E-state index in [1.807, 2.05) is 26.0 Å². The van der Waals surface area contributed by atoms with Crippen molar-refractivity contribution in [2.45, 2.75) is 13.8 Å². The fourth-order valence-electron chi connectivity index (χ4n) is 0.971. The van der Waals surface area contributed by atoms with Crippen LogP contribution in [0.25, 0.3) is 5.69 Å². The molecule has 0 aromatic carbocycles. The van der Waals surface area contributed by atoms with E-state index in [4.69, 9.17) is 5.73 Å². The highest BCUT2D eigenvalue weighted by atomic mass is 15.3. The molecular formula is C10H14N4. The molecule has 14 heavy (non-hydrogen) atoms. The van der Waals surface area contributed by atoms with Crippen molar-refractivity contribution in [3.63, 3.8) is 0 Å². The number of nitrogens with zero attached hydrogens (tertiary/aromatic N) is 3. The van der Waals surface area contributed by atoms with Gasteiger partial charge in [0.25, 0.3) is 0 Å². The number of nitrogens with two attached hydrogens (primary N) is 1. The Labute approximate surface area is 83.4 Å². The highest BCUT2D eigenvalue weighted by molar-refractivity contribution is 5.32. The molecule has 0 aliphatic heterocycles. The highest BCUT2D eigenvalue weighted by Crippen LogP contribution is 2.05. The first-order valence-electron chi connectivity index (χ1n) is 4.58. The van der Waals surface area contributed by atoms with E-state index in [-0.39, 0.29) is 0 Å². The fourth-order valence-corrected chi connectivity index (χ4v) is 0.971. The average Bonchev–Trinajstić information content (AvgIpc) is 2.69. The van der Waals surface area contributed by atoms with Crippen LogP contribution in [0.15, 0.2) is 36.8 Å². The van der Waals surface area contributed by atoms with Gasteiger partial charge in [0.05, 0.1) is 11.9 Å². The van der Waals surface area contributed by atoms with Crippen molar-refractivity contribution in [1.82, 2.24) is 14.8 Å². The number of hydrogen-bond acceptors (Lipinski definition) is 3. The number of pyridine rings is 1. The van der Waals surface area contributed by atoms with Crippen molar-refractivity contribution in [2.24, 2.45) is 0 Å². The van der Waals surface area contributed by atoms with Gasteiger partial charge in [-0.25, -0.2) is 4.68 Å². The predicted molar refractivity (Wildman–Crippen MR) is 57.1 cm³/mol. The van der Waals surface area contributed by atoms with Gasteiger partial charge in [0, 0.05) is 18.5 Å². The zero-order valence-electron chi connectivity index (χ0n) is 8.38. The molecule has 0 amide bonds. The first kappa shape index (κ1) is 10.2. The first-order valence-corrected chi connectivity index (χ1v) is 4.58. The first-order chi connectivity index (χ1) is 6.86. The van der Waals surface area contributed by atoms with E-state index in [1.54, 1.807) is 29.3 Å². The Bertz CT molecular complexity index is 367. The average molecular weight is 190 g/mol. The molecule has 2 aromatic rings. The van der Waals surface area contributed by atoms with Crippen LogP contribution in [-0.2, 0) is 0 Å². The minimum absolute atomic E-state index is 0.513. The lowest BCUT2D eigenvalue weighted by Crippen LogP contribution is -1.96. The van der Waals surface area contributed by atoms with Crippen molar-refractivity contribution >= 4 is 5.82 Å². The minimum atomic E-state index is 0.513. The third-order valence-corrected chi connectivity index (χ3v) is 1.52. The summed E-state index contributed by atoms with van der Waals surface area (Å²) in [6, 6.07) is 5.51. The molecule has 0 bridgehead atoms. The molecular weight excluding hydrogens is 176 g/mol. The summed E-state index contributed by atoms with van der Waals surface area (Å²) in [5.41, 5.74) is 6.37. The van der Waals surface area contributed by atoms with Crippen LogP contribution in [0.1, 0.15) is 13.8 Å². The number of rotatable bonds is 1. The predicted octanol–water partition coefficient (Wildman–Crippen LogP) is 1.88. The molecule has 74 valence electrons. The molecule has 0 saturated carbocycles. The molecule has 0 spiro atoms. The standard InChI is InChI=1S/C8H8N4.C2H6/c9-8-3-5-12(11-8)7-2-1-4-10-6-7;1-2/h1-6H,(H2,9,11);1-2H3. The second-order valence-electron chi connectivity index (χ2n) is 2.40. The van der Waals surface area contributed by atoms with Crippen LogP contribution in [0.3, 0.4) is 0 Å². The Morgan fingerprint density at radius 1 is 1.29 bits per heavy atom. The SMILES string of the molecule is CC.Nc1ccn(-c2cccnc2)n1. The van der Waals surface area contributed by atoms with Gasteiger partial charge < -0.3 is 5.73 Å². The third kappa shape index (κ3) is 2.32. The van der Waals surface area contributed by atoms with E-state index >= 15 is 0 Å². The van der Waals surface area contributed by atoms with Crippen molar-refractivity contribution in [1.29, 1.82) is 0 Å². The summed E-state index contributed by atoms with van der Waals surface area (Å²) in [5.74, 6) is 0.513. The molecule has 0 fully saturated rings. The summed E-state index contributed by atoms with van der Waals surface area (Å²) in [5, 5.41) is 4.04. The molecule has 0 aliphatic carbocycles. The lowest BCUT2D eigenvalue weighted by atomic mass is 10.4. The zero-order valence-corrected chi connectivity index (χ0v) is 8.38. The van der Waals surface area contributed by atoms with Crippen LogP contribution in [0.5, 0.6) is 0 Å². The maximum atomic E-state index is 5.46. The van der Waals surface area contributed by atoms with Gasteiger partial charge >= 0.3 is 0 Å². The molecule has 0 atom stereocenters. The largest absolute Gasteiger partial charge is 0.382 e. The van der Waals surface area contributed by atoms with E-state index in [0.717, 1.165) is 5.69 Å². The van der Waals surface area contributed by atoms with Gasteiger partial charge in [-0.15, -0.1) is 0 Å². The van der Waals surface area contributed by atoms with Crippen molar-refractivity contribution in [3.8, 4) is 5.69 Å². The maximum Gasteiger partial charge on any atom is 0.145 e. The summed E-state index contributed by atoms with van der Waals surface area (Å²) in [6.07, 6.45) is 5.25. The summed E-state index contributed by atoms with van der Waals surface area (Å²) in [4.78, 5) is 3.97. The molecule has 2 rings (SSSR count). The van der Waals surface area contributed by atoms with Gasteiger partial charge in [-0.05, 0) is 12.1 Å². The van der Waals surface area contributed by atoms with Crippen molar-refractivity contribution in [3.05, 3.63) is 36.8 Å². The normalized spacial score (nSPS) is 9.00. The Hall–Kier alpha value is -1.84. The Morgan fingerprint density at radius 3 is 2.57 bits per heavy atom. The van der Waals surface area contributed by atoms with E-state index in [1.165, 1.54) is 0 Å². The summed E-state index contributed by atoms with van der Waals surface area (Å²) < 4.78 is 1.68. The number of aromatic nitrogens is 3. The molecule has 4 nitrogen and oxygen atoms in total. The van der Waals surface area contributed by atoms with E-state index in [0.29, 0.717) is 5.82 Å².